The molecule has 0 radical (unpaired) electrons. The van der Waals surface area contributed by atoms with E-state index >= 15 is 0 Å². The molecular formula is C16H25ClN2O2. The van der Waals surface area contributed by atoms with Gasteiger partial charge < -0.3 is 15.0 Å². The third-order valence-corrected chi connectivity index (χ3v) is 3.22. The normalized spacial score (nSPS) is 11.3. The fourth-order valence-electron chi connectivity index (χ4n) is 1.68. The Labute approximate surface area is 132 Å². The molecule has 0 fully saturated rings. The van der Waals surface area contributed by atoms with Crippen molar-refractivity contribution >= 4 is 17.5 Å². The standard InChI is InChI=1S/C16H25ClN2O2/c1-16(2,3)18-11-12-7-6-8-13(17)15(12)21-10-9-14(20)19(4)5/h6-8,18H,9-11H2,1-5H3. The van der Waals surface area contributed by atoms with E-state index in [0.717, 1.165) is 5.56 Å². The molecule has 0 saturated heterocycles. The van der Waals surface area contributed by atoms with Crippen LogP contribution in [0.3, 0.4) is 0 Å². The Bertz CT molecular complexity index is 482. The highest BCUT2D eigenvalue weighted by atomic mass is 35.5. The van der Waals surface area contributed by atoms with Crippen LogP contribution in [-0.4, -0.2) is 37.0 Å². The van der Waals surface area contributed by atoms with Crippen LogP contribution in [-0.2, 0) is 11.3 Å². The van der Waals surface area contributed by atoms with E-state index in [1.165, 1.54) is 0 Å². The summed E-state index contributed by atoms with van der Waals surface area (Å²) in [5.41, 5.74) is 1.01. The molecule has 0 atom stereocenters. The lowest BCUT2D eigenvalue weighted by molar-refractivity contribution is -0.129. The highest BCUT2D eigenvalue weighted by Gasteiger charge is 2.13. The van der Waals surface area contributed by atoms with Crippen LogP contribution in [0.15, 0.2) is 18.2 Å². The summed E-state index contributed by atoms with van der Waals surface area (Å²) < 4.78 is 5.73. The molecule has 0 unspecified atom stereocenters. The van der Waals surface area contributed by atoms with E-state index in [4.69, 9.17) is 16.3 Å². The molecule has 0 spiro atoms. The third-order valence-electron chi connectivity index (χ3n) is 2.92. The highest BCUT2D eigenvalue weighted by molar-refractivity contribution is 6.32. The monoisotopic (exact) mass is 312 g/mol. The number of benzene rings is 1. The number of rotatable bonds is 6. The van der Waals surface area contributed by atoms with E-state index in [2.05, 4.69) is 26.1 Å². The molecule has 1 aromatic rings. The second-order valence-electron chi connectivity index (χ2n) is 6.22. The lowest BCUT2D eigenvalue weighted by Gasteiger charge is -2.22. The van der Waals surface area contributed by atoms with E-state index in [1.54, 1.807) is 25.1 Å². The zero-order valence-electron chi connectivity index (χ0n) is 13.5. The molecule has 0 aliphatic heterocycles. The number of halogens is 1. The van der Waals surface area contributed by atoms with E-state index in [-0.39, 0.29) is 11.4 Å². The SMILES string of the molecule is CN(C)C(=O)CCOc1c(Cl)cccc1CNC(C)(C)C. The van der Waals surface area contributed by atoms with Crippen LogP contribution in [0.5, 0.6) is 5.75 Å². The molecular weight excluding hydrogens is 288 g/mol. The molecule has 21 heavy (non-hydrogen) atoms. The molecule has 118 valence electrons. The number of carbonyl (C=O) groups excluding carboxylic acids is 1. The average molecular weight is 313 g/mol. The largest absolute Gasteiger partial charge is 0.491 e. The maximum atomic E-state index is 11.6. The van der Waals surface area contributed by atoms with Gasteiger partial charge in [0.05, 0.1) is 18.1 Å². The van der Waals surface area contributed by atoms with Gasteiger partial charge in [0.15, 0.2) is 0 Å². The second-order valence-corrected chi connectivity index (χ2v) is 6.63. The van der Waals surface area contributed by atoms with Gasteiger partial charge in [0.1, 0.15) is 5.75 Å². The summed E-state index contributed by atoms with van der Waals surface area (Å²) in [6.07, 6.45) is 0.338. The van der Waals surface area contributed by atoms with Crippen LogP contribution in [0.25, 0.3) is 0 Å². The molecule has 0 aliphatic carbocycles. The average Bonchev–Trinajstić information content (AvgIpc) is 2.37. The molecule has 1 aromatic carbocycles. The summed E-state index contributed by atoms with van der Waals surface area (Å²) in [6.45, 7) is 7.31. The topological polar surface area (TPSA) is 41.6 Å². The molecule has 0 aromatic heterocycles. The van der Waals surface area contributed by atoms with Gasteiger partial charge in [-0.1, -0.05) is 23.7 Å². The first kappa shape index (κ1) is 17.8. The molecule has 4 nitrogen and oxygen atoms in total. The lowest BCUT2D eigenvalue weighted by Crippen LogP contribution is -2.35. The molecule has 0 saturated carbocycles. The van der Waals surface area contributed by atoms with Crippen LogP contribution in [0.1, 0.15) is 32.8 Å². The van der Waals surface area contributed by atoms with Crippen molar-refractivity contribution in [3.63, 3.8) is 0 Å². The number of hydrogen-bond donors (Lipinski definition) is 1. The third kappa shape index (κ3) is 6.36. The van der Waals surface area contributed by atoms with Crippen molar-refractivity contribution in [2.24, 2.45) is 0 Å². The number of ether oxygens (including phenoxy) is 1. The molecule has 1 amide bonds. The summed E-state index contributed by atoms with van der Waals surface area (Å²) in [5, 5.41) is 3.98. The Balaban J connectivity index is 2.69. The van der Waals surface area contributed by atoms with Gasteiger partial charge in [-0.15, -0.1) is 0 Å². The minimum Gasteiger partial charge on any atom is -0.491 e. The summed E-state index contributed by atoms with van der Waals surface area (Å²) in [4.78, 5) is 13.1. The Hall–Kier alpha value is -1.26. The van der Waals surface area contributed by atoms with Gasteiger partial charge >= 0.3 is 0 Å². The predicted molar refractivity (Wildman–Crippen MR) is 86.9 cm³/mol. The first-order valence-corrected chi connectivity index (χ1v) is 7.44. The van der Waals surface area contributed by atoms with Crippen molar-refractivity contribution in [2.45, 2.75) is 39.3 Å². The van der Waals surface area contributed by atoms with Crippen LogP contribution in [0.4, 0.5) is 0 Å². The summed E-state index contributed by atoms with van der Waals surface area (Å²) >= 11 is 6.21. The Kier molecular flexibility index (Phi) is 6.49. The van der Waals surface area contributed by atoms with Crippen molar-refractivity contribution in [2.75, 3.05) is 20.7 Å². The zero-order chi connectivity index (χ0) is 16.0. The van der Waals surface area contributed by atoms with Crippen molar-refractivity contribution in [1.82, 2.24) is 10.2 Å². The maximum Gasteiger partial charge on any atom is 0.225 e. The van der Waals surface area contributed by atoms with Gasteiger partial charge in [-0.25, -0.2) is 0 Å². The fourth-order valence-corrected chi connectivity index (χ4v) is 1.93. The molecule has 0 bridgehead atoms. The van der Waals surface area contributed by atoms with Gasteiger partial charge in [0, 0.05) is 31.7 Å². The van der Waals surface area contributed by atoms with E-state index in [0.29, 0.717) is 30.3 Å². The van der Waals surface area contributed by atoms with Gasteiger partial charge in [0.2, 0.25) is 5.91 Å². The maximum absolute atomic E-state index is 11.6. The Morgan fingerprint density at radius 3 is 2.57 bits per heavy atom. The number of para-hydroxylation sites is 1. The van der Waals surface area contributed by atoms with Gasteiger partial charge in [0.25, 0.3) is 0 Å². The second kappa shape index (κ2) is 7.66. The fraction of sp³-hybridized carbons (Fsp3) is 0.562. The van der Waals surface area contributed by atoms with Gasteiger partial charge in [-0.2, -0.15) is 0 Å². The number of amides is 1. The van der Waals surface area contributed by atoms with Crippen LogP contribution in [0, 0.1) is 0 Å². The molecule has 5 heteroatoms. The van der Waals surface area contributed by atoms with Gasteiger partial charge in [-0.3, -0.25) is 4.79 Å². The quantitative estimate of drug-likeness (QED) is 0.877. The Morgan fingerprint density at radius 2 is 2.00 bits per heavy atom. The summed E-state index contributed by atoms with van der Waals surface area (Å²) in [6, 6.07) is 5.68. The minimum atomic E-state index is 0.0144. The smallest absolute Gasteiger partial charge is 0.225 e. The summed E-state index contributed by atoms with van der Waals surface area (Å²) in [5.74, 6) is 0.693. The van der Waals surface area contributed by atoms with E-state index in [9.17, 15) is 4.79 Å². The van der Waals surface area contributed by atoms with Crippen LogP contribution < -0.4 is 10.1 Å². The predicted octanol–water partition coefficient (Wildman–Crippen LogP) is 3.09. The molecule has 0 aliphatic rings. The number of carbonyl (C=O) groups is 1. The zero-order valence-corrected chi connectivity index (χ0v) is 14.3. The molecule has 1 rings (SSSR count). The number of nitrogens with zero attached hydrogens (tertiary/aromatic N) is 1. The van der Waals surface area contributed by atoms with Crippen molar-refractivity contribution < 1.29 is 9.53 Å². The first-order chi connectivity index (χ1) is 9.70. The molecule has 0 heterocycles. The van der Waals surface area contributed by atoms with Crippen molar-refractivity contribution in [1.29, 1.82) is 0 Å². The lowest BCUT2D eigenvalue weighted by atomic mass is 10.1. The Morgan fingerprint density at radius 1 is 1.33 bits per heavy atom. The van der Waals surface area contributed by atoms with Gasteiger partial charge in [-0.05, 0) is 26.8 Å². The highest BCUT2D eigenvalue weighted by Crippen LogP contribution is 2.29. The van der Waals surface area contributed by atoms with E-state index < -0.39 is 0 Å². The van der Waals surface area contributed by atoms with Crippen LogP contribution in [0.2, 0.25) is 5.02 Å². The van der Waals surface area contributed by atoms with Crippen LogP contribution >= 0.6 is 11.6 Å². The van der Waals surface area contributed by atoms with Crippen molar-refractivity contribution in [3.8, 4) is 5.75 Å². The summed E-state index contributed by atoms with van der Waals surface area (Å²) in [7, 11) is 3.47. The van der Waals surface area contributed by atoms with Crippen molar-refractivity contribution in [3.05, 3.63) is 28.8 Å². The van der Waals surface area contributed by atoms with E-state index in [1.807, 2.05) is 12.1 Å². The number of hydrogen-bond acceptors (Lipinski definition) is 3. The first-order valence-electron chi connectivity index (χ1n) is 7.06. The number of nitrogens with one attached hydrogen (secondary N) is 1. The minimum absolute atomic E-state index is 0.0144. The molecule has 1 N–H and O–H groups in total.